The van der Waals surface area contributed by atoms with Gasteiger partial charge < -0.3 is 10.1 Å². The molecule has 1 rings (SSSR count). The van der Waals surface area contributed by atoms with Crippen LogP contribution in [0.5, 0.6) is 5.75 Å². The molecule has 4 nitrogen and oxygen atoms in total. The summed E-state index contributed by atoms with van der Waals surface area (Å²) in [4.78, 5) is 21.7. The number of amides is 1. The minimum absolute atomic E-state index is 0.352. The summed E-state index contributed by atoms with van der Waals surface area (Å²) in [5, 5.41) is 2.52. The molecule has 0 heterocycles. The molecule has 0 aliphatic carbocycles. The summed E-state index contributed by atoms with van der Waals surface area (Å²) in [6.45, 7) is 4.14. The fourth-order valence-corrected chi connectivity index (χ4v) is 1.18. The van der Waals surface area contributed by atoms with Crippen LogP contribution in [0.2, 0.25) is 0 Å². The van der Waals surface area contributed by atoms with Crippen LogP contribution in [0.25, 0.3) is 0 Å². The Labute approximate surface area is 94.6 Å². The van der Waals surface area contributed by atoms with Crippen molar-refractivity contribution in [3.05, 3.63) is 29.8 Å². The molecule has 1 N–H and O–H groups in total. The van der Waals surface area contributed by atoms with Gasteiger partial charge >= 0.3 is 0 Å². The SMILES string of the molecule is CCOc1ccc(CNC(=O)C(C)=O)cc1. The number of hydrogen-bond donors (Lipinski definition) is 1. The smallest absolute Gasteiger partial charge is 0.287 e. The number of Topliss-reactive ketones (excluding diaryl/α,β-unsaturated/α-hetero) is 1. The third-order valence-electron chi connectivity index (χ3n) is 2.01. The molecule has 86 valence electrons. The standard InChI is InChI=1S/C12H15NO3/c1-3-16-11-6-4-10(5-7-11)8-13-12(15)9(2)14/h4-7H,3,8H2,1-2H3,(H,13,15). The fraction of sp³-hybridized carbons (Fsp3) is 0.333. The van der Waals surface area contributed by atoms with Gasteiger partial charge in [0.15, 0.2) is 0 Å². The first-order chi connectivity index (χ1) is 7.63. The van der Waals surface area contributed by atoms with E-state index in [1.165, 1.54) is 6.92 Å². The molecule has 0 aliphatic rings. The van der Waals surface area contributed by atoms with E-state index < -0.39 is 11.7 Å². The van der Waals surface area contributed by atoms with E-state index in [1.54, 1.807) is 0 Å². The second-order valence-electron chi connectivity index (χ2n) is 3.32. The van der Waals surface area contributed by atoms with E-state index in [0.29, 0.717) is 13.2 Å². The molecule has 1 aromatic carbocycles. The maximum absolute atomic E-state index is 11.0. The van der Waals surface area contributed by atoms with Crippen molar-refractivity contribution < 1.29 is 14.3 Å². The third kappa shape index (κ3) is 3.73. The number of rotatable bonds is 5. The highest BCUT2D eigenvalue weighted by Gasteiger charge is 2.05. The van der Waals surface area contributed by atoms with Crippen LogP contribution < -0.4 is 10.1 Å². The Balaban J connectivity index is 2.49. The number of carbonyl (C=O) groups excluding carboxylic acids is 2. The van der Waals surface area contributed by atoms with Crippen molar-refractivity contribution in [1.82, 2.24) is 5.32 Å². The van der Waals surface area contributed by atoms with E-state index in [4.69, 9.17) is 4.74 Å². The largest absolute Gasteiger partial charge is 0.494 e. The summed E-state index contributed by atoms with van der Waals surface area (Å²) < 4.78 is 5.28. The summed E-state index contributed by atoms with van der Waals surface area (Å²) in [6, 6.07) is 7.37. The van der Waals surface area contributed by atoms with Crippen LogP contribution in [0.15, 0.2) is 24.3 Å². The molecule has 1 amide bonds. The van der Waals surface area contributed by atoms with Crippen molar-refractivity contribution in [2.24, 2.45) is 0 Å². The number of carbonyl (C=O) groups is 2. The molecule has 0 fully saturated rings. The minimum atomic E-state index is -0.561. The molecule has 0 unspecified atom stereocenters. The molecule has 0 bridgehead atoms. The average molecular weight is 221 g/mol. The lowest BCUT2D eigenvalue weighted by Crippen LogP contribution is -2.28. The van der Waals surface area contributed by atoms with Crippen molar-refractivity contribution in [3.63, 3.8) is 0 Å². The number of nitrogens with one attached hydrogen (secondary N) is 1. The number of benzene rings is 1. The van der Waals surface area contributed by atoms with Gasteiger partial charge in [-0.05, 0) is 24.6 Å². The van der Waals surface area contributed by atoms with Crippen molar-refractivity contribution in [3.8, 4) is 5.75 Å². The molecule has 1 aromatic rings. The second kappa shape index (κ2) is 5.90. The predicted octanol–water partition coefficient (Wildman–Crippen LogP) is 1.29. The van der Waals surface area contributed by atoms with Crippen molar-refractivity contribution >= 4 is 11.7 Å². The number of ketones is 1. The summed E-state index contributed by atoms with van der Waals surface area (Å²) >= 11 is 0. The molecule has 16 heavy (non-hydrogen) atoms. The zero-order chi connectivity index (χ0) is 12.0. The van der Waals surface area contributed by atoms with Crippen LogP contribution in [0, 0.1) is 0 Å². The van der Waals surface area contributed by atoms with Crippen molar-refractivity contribution in [2.45, 2.75) is 20.4 Å². The Morgan fingerprint density at radius 2 is 1.88 bits per heavy atom. The van der Waals surface area contributed by atoms with E-state index >= 15 is 0 Å². The van der Waals surface area contributed by atoms with Gasteiger partial charge in [0.2, 0.25) is 5.78 Å². The van der Waals surface area contributed by atoms with Gasteiger partial charge in [-0.3, -0.25) is 9.59 Å². The maximum atomic E-state index is 11.0. The third-order valence-corrected chi connectivity index (χ3v) is 2.01. The Kier molecular flexibility index (Phi) is 4.51. The predicted molar refractivity (Wildman–Crippen MR) is 60.1 cm³/mol. The van der Waals surface area contributed by atoms with Gasteiger partial charge in [0, 0.05) is 13.5 Å². The first-order valence-corrected chi connectivity index (χ1v) is 5.14. The maximum Gasteiger partial charge on any atom is 0.287 e. The van der Waals surface area contributed by atoms with E-state index in [2.05, 4.69) is 5.32 Å². The molecule has 0 radical (unpaired) electrons. The van der Waals surface area contributed by atoms with Gasteiger partial charge in [-0.15, -0.1) is 0 Å². The molecule has 0 saturated carbocycles. The van der Waals surface area contributed by atoms with Crippen LogP contribution in [0.1, 0.15) is 19.4 Å². The highest BCUT2D eigenvalue weighted by Crippen LogP contribution is 2.11. The normalized spacial score (nSPS) is 9.62. The van der Waals surface area contributed by atoms with Gasteiger partial charge in [0.05, 0.1) is 6.61 Å². The summed E-state index contributed by atoms with van der Waals surface area (Å²) in [5.74, 6) is -0.246. The number of hydrogen-bond acceptors (Lipinski definition) is 3. The second-order valence-corrected chi connectivity index (χ2v) is 3.32. The quantitative estimate of drug-likeness (QED) is 0.762. The van der Waals surface area contributed by atoms with Gasteiger partial charge in [-0.1, -0.05) is 12.1 Å². The molecule has 0 aliphatic heterocycles. The van der Waals surface area contributed by atoms with Gasteiger partial charge in [-0.25, -0.2) is 0 Å². The Morgan fingerprint density at radius 1 is 1.25 bits per heavy atom. The lowest BCUT2D eigenvalue weighted by atomic mass is 10.2. The Hall–Kier alpha value is -1.84. The summed E-state index contributed by atoms with van der Waals surface area (Å²) in [6.07, 6.45) is 0. The lowest BCUT2D eigenvalue weighted by Gasteiger charge is -2.05. The average Bonchev–Trinajstić information content (AvgIpc) is 2.28. The van der Waals surface area contributed by atoms with Gasteiger partial charge in [-0.2, -0.15) is 0 Å². The zero-order valence-electron chi connectivity index (χ0n) is 9.45. The topological polar surface area (TPSA) is 55.4 Å². The molecule has 0 spiro atoms. The van der Waals surface area contributed by atoms with E-state index in [1.807, 2.05) is 31.2 Å². The van der Waals surface area contributed by atoms with Gasteiger partial charge in [0.25, 0.3) is 5.91 Å². The van der Waals surface area contributed by atoms with Crippen LogP contribution in [-0.4, -0.2) is 18.3 Å². The lowest BCUT2D eigenvalue weighted by molar-refractivity contribution is -0.136. The highest BCUT2D eigenvalue weighted by atomic mass is 16.5. The van der Waals surface area contributed by atoms with E-state index in [-0.39, 0.29) is 0 Å². The summed E-state index contributed by atoms with van der Waals surface area (Å²) in [5.41, 5.74) is 0.929. The van der Waals surface area contributed by atoms with Gasteiger partial charge in [0.1, 0.15) is 5.75 Å². The monoisotopic (exact) mass is 221 g/mol. The van der Waals surface area contributed by atoms with E-state index in [0.717, 1.165) is 11.3 Å². The number of ether oxygens (including phenoxy) is 1. The zero-order valence-corrected chi connectivity index (χ0v) is 9.45. The van der Waals surface area contributed by atoms with E-state index in [9.17, 15) is 9.59 Å². The Morgan fingerprint density at radius 3 is 2.38 bits per heavy atom. The van der Waals surface area contributed by atoms with Crippen LogP contribution in [0.3, 0.4) is 0 Å². The molecule has 0 aromatic heterocycles. The summed E-state index contributed by atoms with van der Waals surface area (Å²) in [7, 11) is 0. The van der Waals surface area contributed by atoms with Crippen LogP contribution in [0.4, 0.5) is 0 Å². The van der Waals surface area contributed by atoms with Crippen molar-refractivity contribution in [2.75, 3.05) is 6.61 Å². The molecule has 0 atom stereocenters. The first-order valence-electron chi connectivity index (χ1n) is 5.14. The first kappa shape index (κ1) is 12.2. The fourth-order valence-electron chi connectivity index (χ4n) is 1.18. The van der Waals surface area contributed by atoms with Crippen molar-refractivity contribution in [1.29, 1.82) is 0 Å². The van der Waals surface area contributed by atoms with Crippen LogP contribution >= 0.6 is 0 Å². The van der Waals surface area contributed by atoms with Crippen LogP contribution in [-0.2, 0) is 16.1 Å². The molecular formula is C12H15NO3. The molecular weight excluding hydrogens is 206 g/mol. The Bertz CT molecular complexity index is 370. The molecule has 0 saturated heterocycles. The highest BCUT2D eigenvalue weighted by molar-refractivity contribution is 6.35. The minimum Gasteiger partial charge on any atom is -0.494 e. The molecule has 4 heteroatoms.